The molecular formula is C13H9F2N3O3S. The first-order valence-electron chi connectivity index (χ1n) is 5.84. The van der Waals surface area contributed by atoms with Crippen molar-refractivity contribution in [2.45, 2.75) is 0 Å². The van der Waals surface area contributed by atoms with Crippen molar-refractivity contribution in [1.82, 2.24) is 0 Å². The van der Waals surface area contributed by atoms with E-state index in [1.54, 1.807) is 0 Å². The van der Waals surface area contributed by atoms with E-state index < -0.39 is 16.6 Å². The summed E-state index contributed by atoms with van der Waals surface area (Å²) in [6.07, 6.45) is 0. The lowest BCUT2D eigenvalue weighted by molar-refractivity contribution is -0.384. The lowest BCUT2D eigenvalue weighted by Gasteiger charge is -2.09. The Kier molecular flexibility index (Phi) is 4.47. The summed E-state index contributed by atoms with van der Waals surface area (Å²) in [5.74, 6) is -2.00. The molecule has 3 N–H and O–H groups in total. The lowest BCUT2D eigenvalue weighted by atomic mass is 10.2. The van der Waals surface area contributed by atoms with Crippen molar-refractivity contribution >= 4 is 28.7 Å². The van der Waals surface area contributed by atoms with E-state index in [0.717, 1.165) is 18.2 Å². The van der Waals surface area contributed by atoms with Gasteiger partial charge in [0.05, 0.1) is 16.7 Å². The summed E-state index contributed by atoms with van der Waals surface area (Å²) in [6.45, 7) is 0. The number of nitrogens with one attached hydrogen (secondary N) is 1. The highest BCUT2D eigenvalue weighted by Gasteiger charge is 2.13. The molecular weight excluding hydrogens is 316 g/mol. The van der Waals surface area contributed by atoms with Gasteiger partial charge in [-0.25, -0.2) is 8.78 Å². The van der Waals surface area contributed by atoms with Gasteiger partial charge < -0.3 is 15.8 Å². The second-order valence-corrected chi connectivity index (χ2v) is 4.58. The summed E-state index contributed by atoms with van der Waals surface area (Å²) < 4.78 is 31.6. The number of nitro benzene ring substituents is 1. The van der Waals surface area contributed by atoms with Crippen LogP contribution in [0.5, 0.6) is 11.5 Å². The van der Waals surface area contributed by atoms with Crippen LogP contribution in [0.15, 0.2) is 36.4 Å². The Morgan fingerprint density at radius 1 is 1.27 bits per heavy atom. The molecule has 0 spiro atoms. The molecule has 0 radical (unpaired) electrons. The van der Waals surface area contributed by atoms with Gasteiger partial charge in [0.1, 0.15) is 11.6 Å². The lowest BCUT2D eigenvalue weighted by Crippen LogP contribution is -2.18. The molecule has 0 aliphatic heterocycles. The number of non-ortho nitro benzene ring substituents is 1. The molecule has 0 unspecified atom stereocenters. The number of halogens is 2. The molecule has 0 aromatic heterocycles. The largest absolute Gasteiger partial charge is 0.454 e. The van der Waals surface area contributed by atoms with Crippen LogP contribution in [0, 0.1) is 21.7 Å². The molecule has 114 valence electrons. The Labute approximate surface area is 128 Å². The van der Waals surface area contributed by atoms with Crippen molar-refractivity contribution < 1.29 is 18.4 Å². The minimum Gasteiger partial charge on any atom is -0.454 e. The van der Waals surface area contributed by atoms with Gasteiger partial charge in [0.2, 0.25) is 0 Å². The molecule has 9 heteroatoms. The Bertz CT molecular complexity index is 755. The van der Waals surface area contributed by atoms with E-state index in [1.165, 1.54) is 12.1 Å². The van der Waals surface area contributed by atoms with Crippen LogP contribution in [-0.2, 0) is 0 Å². The summed E-state index contributed by atoms with van der Waals surface area (Å²) in [5.41, 5.74) is 5.20. The first kappa shape index (κ1) is 15.6. The van der Waals surface area contributed by atoms with Crippen LogP contribution < -0.4 is 15.8 Å². The summed E-state index contributed by atoms with van der Waals surface area (Å²) in [4.78, 5) is 10.2. The van der Waals surface area contributed by atoms with Gasteiger partial charge in [-0.1, -0.05) is 0 Å². The van der Waals surface area contributed by atoms with Crippen LogP contribution in [-0.4, -0.2) is 10.0 Å². The zero-order valence-corrected chi connectivity index (χ0v) is 11.7. The number of rotatable bonds is 4. The average molecular weight is 325 g/mol. The number of nitro groups is 1. The van der Waals surface area contributed by atoms with E-state index in [1.807, 2.05) is 0 Å². The van der Waals surface area contributed by atoms with E-state index in [9.17, 15) is 18.9 Å². The number of hydrogen-bond donors (Lipinski definition) is 2. The van der Waals surface area contributed by atoms with Gasteiger partial charge in [-0.05, 0) is 24.4 Å². The monoisotopic (exact) mass is 325 g/mol. The standard InChI is InChI=1S/C13H9F2N3O3S/c14-7-1-2-12(11(15)3-7)21-10-5-8(17-13(16)22)4-9(6-10)18(19)20/h1-6H,(H3,16,17,22). The molecule has 2 aromatic carbocycles. The highest BCUT2D eigenvalue weighted by molar-refractivity contribution is 7.80. The summed E-state index contributed by atoms with van der Waals surface area (Å²) >= 11 is 4.65. The van der Waals surface area contributed by atoms with Crippen molar-refractivity contribution in [3.8, 4) is 11.5 Å². The van der Waals surface area contributed by atoms with Crippen LogP contribution in [0.1, 0.15) is 0 Å². The van der Waals surface area contributed by atoms with Crippen LogP contribution >= 0.6 is 12.2 Å². The molecule has 0 aliphatic rings. The third kappa shape index (κ3) is 3.85. The Balaban J connectivity index is 2.38. The Morgan fingerprint density at radius 3 is 2.59 bits per heavy atom. The van der Waals surface area contributed by atoms with Crippen molar-refractivity contribution in [2.24, 2.45) is 5.73 Å². The van der Waals surface area contributed by atoms with E-state index >= 15 is 0 Å². The zero-order chi connectivity index (χ0) is 16.3. The molecule has 0 bridgehead atoms. The van der Waals surface area contributed by atoms with Gasteiger partial charge >= 0.3 is 0 Å². The molecule has 0 fully saturated rings. The molecule has 22 heavy (non-hydrogen) atoms. The molecule has 0 heterocycles. The number of hydrogen-bond acceptors (Lipinski definition) is 4. The average Bonchev–Trinajstić information content (AvgIpc) is 2.41. The predicted octanol–water partition coefficient (Wildman–Crippen LogP) is 3.32. The third-order valence-electron chi connectivity index (χ3n) is 2.49. The van der Waals surface area contributed by atoms with Gasteiger partial charge in [-0.15, -0.1) is 0 Å². The molecule has 0 aliphatic carbocycles. The van der Waals surface area contributed by atoms with E-state index in [4.69, 9.17) is 10.5 Å². The fourth-order valence-electron chi connectivity index (χ4n) is 1.65. The van der Waals surface area contributed by atoms with Crippen LogP contribution in [0.2, 0.25) is 0 Å². The van der Waals surface area contributed by atoms with E-state index in [0.29, 0.717) is 6.07 Å². The predicted molar refractivity (Wildman–Crippen MR) is 79.9 cm³/mol. The number of nitrogens with two attached hydrogens (primary N) is 1. The number of benzene rings is 2. The fourth-order valence-corrected chi connectivity index (χ4v) is 1.76. The second kappa shape index (κ2) is 6.31. The molecule has 0 atom stereocenters. The van der Waals surface area contributed by atoms with Gasteiger partial charge in [-0.2, -0.15) is 0 Å². The zero-order valence-electron chi connectivity index (χ0n) is 10.9. The topological polar surface area (TPSA) is 90.4 Å². The Morgan fingerprint density at radius 2 is 2.00 bits per heavy atom. The first-order chi connectivity index (χ1) is 10.3. The van der Waals surface area contributed by atoms with Crippen LogP contribution in [0.4, 0.5) is 20.2 Å². The van der Waals surface area contributed by atoms with Crippen molar-refractivity contribution in [1.29, 1.82) is 0 Å². The van der Waals surface area contributed by atoms with Crippen LogP contribution in [0.25, 0.3) is 0 Å². The van der Waals surface area contributed by atoms with Gasteiger partial charge in [0, 0.05) is 18.2 Å². The summed E-state index contributed by atoms with van der Waals surface area (Å²) in [5, 5.41) is 13.3. The maximum Gasteiger partial charge on any atom is 0.275 e. The normalized spacial score (nSPS) is 10.1. The molecule has 2 rings (SSSR count). The molecule has 2 aromatic rings. The van der Waals surface area contributed by atoms with Gasteiger partial charge in [0.15, 0.2) is 16.7 Å². The van der Waals surface area contributed by atoms with Crippen molar-refractivity contribution in [3.05, 3.63) is 58.1 Å². The Hall–Kier alpha value is -2.81. The molecule has 0 amide bonds. The highest BCUT2D eigenvalue weighted by atomic mass is 32.1. The first-order valence-corrected chi connectivity index (χ1v) is 6.25. The number of thiocarbonyl (C=S) groups is 1. The molecule has 6 nitrogen and oxygen atoms in total. The SMILES string of the molecule is NC(=S)Nc1cc(Oc2ccc(F)cc2F)cc([N+](=O)[O-])c1. The highest BCUT2D eigenvalue weighted by Crippen LogP contribution is 2.31. The summed E-state index contributed by atoms with van der Waals surface area (Å²) in [6, 6.07) is 6.34. The summed E-state index contributed by atoms with van der Waals surface area (Å²) in [7, 11) is 0. The third-order valence-corrected chi connectivity index (χ3v) is 2.59. The quantitative estimate of drug-likeness (QED) is 0.509. The van der Waals surface area contributed by atoms with E-state index in [2.05, 4.69) is 17.5 Å². The van der Waals surface area contributed by atoms with Crippen molar-refractivity contribution in [2.75, 3.05) is 5.32 Å². The smallest absolute Gasteiger partial charge is 0.275 e. The van der Waals surface area contributed by atoms with Gasteiger partial charge in [-0.3, -0.25) is 10.1 Å². The second-order valence-electron chi connectivity index (χ2n) is 4.14. The number of anilines is 1. The molecule has 0 saturated carbocycles. The minimum absolute atomic E-state index is 0.0292. The molecule has 0 saturated heterocycles. The maximum atomic E-state index is 13.6. The van der Waals surface area contributed by atoms with E-state index in [-0.39, 0.29) is 28.0 Å². The fraction of sp³-hybridized carbons (Fsp3) is 0. The minimum atomic E-state index is -0.935. The number of nitrogens with zero attached hydrogens (tertiary/aromatic N) is 1. The van der Waals surface area contributed by atoms with Crippen LogP contribution in [0.3, 0.4) is 0 Å². The number of ether oxygens (including phenoxy) is 1. The van der Waals surface area contributed by atoms with Crippen molar-refractivity contribution in [3.63, 3.8) is 0 Å². The van der Waals surface area contributed by atoms with Gasteiger partial charge in [0.25, 0.3) is 5.69 Å². The maximum absolute atomic E-state index is 13.6.